The zero-order chi connectivity index (χ0) is 8.81. The second-order valence-corrected chi connectivity index (χ2v) is 3.83. The fourth-order valence-corrected chi connectivity index (χ4v) is 1.68. The van der Waals surface area contributed by atoms with E-state index in [0.717, 1.165) is 30.3 Å². The van der Waals surface area contributed by atoms with Crippen LogP contribution in [0.15, 0.2) is 12.4 Å². The SMILES string of the molecule is Cn1ccnc1CCSCCN. The predicted molar refractivity (Wildman–Crippen MR) is 53.3 cm³/mol. The average molecular weight is 185 g/mol. The van der Waals surface area contributed by atoms with Gasteiger partial charge in [0.1, 0.15) is 5.82 Å². The number of hydrogen-bond acceptors (Lipinski definition) is 3. The first-order valence-corrected chi connectivity index (χ1v) is 5.24. The van der Waals surface area contributed by atoms with Gasteiger partial charge in [-0.2, -0.15) is 11.8 Å². The second-order valence-electron chi connectivity index (χ2n) is 2.61. The van der Waals surface area contributed by atoms with E-state index >= 15 is 0 Å². The fourth-order valence-electron chi connectivity index (χ4n) is 0.986. The van der Waals surface area contributed by atoms with Gasteiger partial charge in [-0.25, -0.2) is 4.98 Å². The average Bonchev–Trinajstić information content (AvgIpc) is 2.46. The highest BCUT2D eigenvalue weighted by atomic mass is 32.2. The molecule has 0 aromatic carbocycles. The summed E-state index contributed by atoms with van der Waals surface area (Å²) >= 11 is 1.88. The van der Waals surface area contributed by atoms with Crippen LogP contribution in [0.2, 0.25) is 0 Å². The minimum absolute atomic E-state index is 0.769. The lowest BCUT2D eigenvalue weighted by Crippen LogP contribution is -2.04. The third-order valence-electron chi connectivity index (χ3n) is 1.65. The van der Waals surface area contributed by atoms with Crippen LogP contribution in [-0.4, -0.2) is 27.6 Å². The minimum Gasteiger partial charge on any atom is -0.338 e. The van der Waals surface area contributed by atoms with Crippen molar-refractivity contribution in [1.82, 2.24) is 9.55 Å². The number of thioether (sulfide) groups is 1. The van der Waals surface area contributed by atoms with Gasteiger partial charge in [0.25, 0.3) is 0 Å². The van der Waals surface area contributed by atoms with Crippen LogP contribution < -0.4 is 5.73 Å². The summed E-state index contributed by atoms with van der Waals surface area (Å²) in [5.41, 5.74) is 5.38. The van der Waals surface area contributed by atoms with Crippen molar-refractivity contribution in [3.8, 4) is 0 Å². The Morgan fingerprint density at radius 2 is 2.42 bits per heavy atom. The second kappa shape index (κ2) is 5.22. The van der Waals surface area contributed by atoms with Crippen LogP contribution in [0.4, 0.5) is 0 Å². The van der Waals surface area contributed by atoms with Gasteiger partial charge in [-0.1, -0.05) is 0 Å². The summed E-state index contributed by atoms with van der Waals surface area (Å²) in [6.07, 6.45) is 4.85. The van der Waals surface area contributed by atoms with Gasteiger partial charge < -0.3 is 10.3 Å². The Kier molecular flexibility index (Phi) is 4.18. The first-order valence-electron chi connectivity index (χ1n) is 4.08. The van der Waals surface area contributed by atoms with E-state index in [4.69, 9.17) is 5.73 Å². The monoisotopic (exact) mass is 185 g/mol. The summed E-state index contributed by atoms with van der Waals surface area (Å²) in [6, 6.07) is 0. The maximum atomic E-state index is 5.38. The van der Waals surface area contributed by atoms with Gasteiger partial charge in [0.15, 0.2) is 0 Å². The fraction of sp³-hybridized carbons (Fsp3) is 0.625. The largest absolute Gasteiger partial charge is 0.338 e. The Hall–Kier alpha value is -0.480. The topological polar surface area (TPSA) is 43.8 Å². The number of imidazole rings is 1. The van der Waals surface area contributed by atoms with Crippen molar-refractivity contribution in [3.05, 3.63) is 18.2 Å². The zero-order valence-electron chi connectivity index (χ0n) is 7.36. The number of nitrogens with two attached hydrogens (primary N) is 1. The van der Waals surface area contributed by atoms with Gasteiger partial charge in [-0.05, 0) is 0 Å². The van der Waals surface area contributed by atoms with E-state index in [2.05, 4.69) is 9.55 Å². The first-order chi connectivity index (χ1) is 5.84. The van der Waals surface area contributed by atoms with Crippen LogP contribution in [0.3, 0.4) is 0 Å². The molecule has 0 atom stereocenters. The van der Waals surface area contributed by atoms with Gasteiger partial charge >= 0.3 is 0 Å². The molecule has 1 rings (SSSR count). The Balaban J connectivity index is 2.20. The smallest absolute Gasteiger partial charge is 0.109 e. The third kappa shape index (κ3) is 2.87. The molecule has 0 unspecified atom stereocenters. The zero-order valence-corrected chi connectivity index (χ0v) is 8.18. The lowest BCUT2D eigenvalue weighted by Gasteiger charge is -2.00. The molecule has 1 aromatic rings. The molecule has 0 spiro atoms. The summed E-state index contributed by atoms with van der Waals surface area (Å²) in [4.78, 5) is 4.23. The molecule has 68 valence electrons. The molecular weight excluding hydrogens is 170 g/mol. The summed E-state index contributed by atoms with van der Waals surface area (Å²) in [5.74, 6) is 3.31. The molecule has 0 aliphatic carbocycles. The van der Waals surface area contributed by atoms with E-state index in [1.54, 1.807) is 0 Å². The number of rotatable bonds is 5. The van der Waals surface area contributed by atoms with E-state index in [9.17, 15) is 0 Å². The maximum Gasteiger partial charge on any atom is 0.109 e. The number of aromatic nitrogens is 2. The summed E-state index contributed by atoms with van der Waals surface area (Å²) in [7, 11) is 2.02. The Bertz CT molecular complexity index is 222. The Morgan fingerprint density at radius 3 is 3.00 bits per heavy atom. The lowest BCUT2D eigenvalue weighted by atomic mass is 10.4. The molecule has 0 aliphatic rings. The molecule has 0 amide bonds. The minimum atomic E-state index is 0.769. The van der Waals surface area contributed by atoms with Crippen molar-refractivity contribution in [3.63, 3.8) is 0 Å². The number of nitrogens with zero attached hydrogens (tertiary/aromatic N) is 2. The molecular formula is C8H15N3S. The molecule has 0 saturated carbocycles. The van der Waals surface area contributed by atoms with E-state index < -0.39 is 0 Å². The molecule has 2 N–H and O–H groups in total. The van der Waals surface area contributed by atoms with Gasteiger partial charge in [-0.15, -0.1) is 0 Å². The van der Waals surface area contributed by atoms with Crippen molar-refractivity contribution in [2.24, 2.45) is 12.8 Å². The summed E-state index contributed by atoms with van der Waals surface area (Å²) in [6.45, 7) is 0.769. The molecule has 0 radical (unpaired) electrons. The third-order valence-corrected chi connectivity index (χ3v) is 2.67. The van der Waals surface area contributed by atoms with E-state index in [0.29, 0.717) is 0 Å². The van der Waals surface area contributed by atoms with Crippen molar-refractivity contribution < 1.29 is 0 Å². The van der Waals surface area contributed by atoms with Crippen LogP contribution in [0.5, 0.6) is 0 Å². The lowest BCUT2D eigenvalue weighted by molar-refractivity contribution is 0.811. The van der Waals surface area contributed by atoms with E-state index in [1.165, 1.54) is 0 Å². The molecule has 0 fully saturated rings. The molecule has 12 heavy (non-hydrogen) atoms. The van der Waals surface area contributed by atoms with Crippen LogP contribution >= 0.6 is 11.8 Å². The normalized spacial score (nSPS) is 10.5. The van der Waals surface area contributed by atoms with Gasteiger partial charge in [0, 0.05) is 43.9 Å². The highest BCUT2D eigenvalue weighted by Gasteiger charge is 1.97. The summed E-state index contributed by atoms with van der Waals surface area (Å²) < 4.78 is 2.06. The number of hydrogen-bond donors (Lipinski definition) is 1. The van der Waals surface area contributed by atoms with Gasteiger partial charge in [0.2, 0.25) is 0 Å². The van der Waals surface area contributed by atoms with Crippen molar-refractivity contribution >= 4 is 11.8 Å². The molecule has 0 saturated heterocycles. The van der Waals surface area contributed by atoms with Crippen molar-refractivity contribution in [2.75, 3.05) is 18.1 Å². The van der Waals surface area contributed by atoms with Gasteiger partial charge in [-0.3, -0.25) is 0 Å². The molecule has 0 aliphatic heterocycles. The van der Waals surface area contributed by atoms with Crippen molar-refractivity contribution in [2.45, 2.75) is 6.42 Å². The highest BCUT2D eigenvalue weighted by Crippen LogP contribution is 2.03. The molecule has 1 heterocycles. The van der Waals surface area contributed by atoms with E-state index in [1.807, 2.05) is 31.2 Å². The van der Waals surface area contributed by atoms with Crippen molar-refractivity contribution in [1.29, 1.82) is 0 Å². The van der Waals surface area contributed by atoms with Crippen LogP contribution in [0.25, 0.3) is 0 Å². The predicted octanol–water partition coefficient (Wildman–Crippen LogP) is 0.654. The highest BCUT2D eigenvalue weighted by molar-refractivity contribution is 7.99. The Morgan fingerprint density at radius 1 is 1.58 bits per heavy atom. The first kappa shape index (κ1) is 9.61. The summed E-state index contributed by atoms with van der Waals surface area (Å²) in [5, 5.41) is 0. The quantitative estimate of drug-likeness (QED) is 0.685. The van der Waals surface area contributed by atoms with Crippen LogP contribution in [-0.2, 0) is 13.5 Å². The molecule has 3 nitrogen and oxygen atoms in total. The van der Waals surface area contributed by atoms with Crippen LogP contribution in [0, 0.1) is 0 Å². The maximum absolute atomic E-state index is 5.38. The Labute approximate surface area is 77.4 Å². The van der Waals surface area contributed by atoms with Gasteiger partial charge in [0.05, 0.1) is 0 Å². The molecule has 0 bridgehead atoms. The number of aryl methyl sites for hydroxylation is 2. The molecule has 1 aromatic heterocycles. The standard InChI is InChI=1S/C8H15N3S/c1-11-5-4-10-8(11)2-6-12-7-3-9/h4-5H,2-3,6-7,9H2,1H3. The molecule has 4 heteroatoms. The van der Waals surface area contributed by atoms with Crippen LogP contribution in [0.1, 0.15) is 5.82 Å². The van der Waals surface area contributed by atoms with E-state index in [-0.39, 0.29) is 0 Å².